The summed E-state index contributed by atoms with van der Waals surface area (Å²) in [5.74, 6) is 1.25. The number of amides is 2. The molecule has 0 bridgehead atoms. The summed E-state index contributed by atoms with van der Waals surface area (Å²) < 4.78 is 16.4. The molecule has 0 saturated heterocycles. The van der Waals surface area contributed by atoms with Gasteiger partial charge in [-0.3, -0.25) is 14.5 Å². The van der Waals surface area contributed by atoms with Gasteiger partial charge >= 0.3 is 0 Å². The molecule has 2 heterocycles. The second-order valence-electron chi connectivity index (χ2n) is 8.27. The number of carbonyl (C=O) groups excluding carboxylic acids is 2. The zero-order chi connectivity index (χ0) is 22.1. The second-order valence-corrected chi connectivity index (χ2v) is 8.27. The maximum absolute atomic E-state index is 13.7. The summed E-state index contributed by atoms with van der Waals surface area (Å²) in [7, 11) is 1.56. The lowest BCUT2D eigenvalue weighted by Gasteiger charge is -2.25. The quantitative estimate of drug-likeness (QED) is 0.557. The van der Waals surface area contributed by atoms with Crippen LogP contribution in [-0.4, -0.2) is 36.7 Å². The fourth-order valence-electron chi connectivity index (χ4n) is 4.73. The molecule has 1 N–H and O–H groups in total. The highest BCUT2D eigenvalue weighted by Gasteiger charge is 2.43. The minimum absolute atomic E-state index is 0.0849. The third-order valence-electron chi connectivity index (χ3n) is 6.32. The first kappa shape index (κ1) is 20.4. The van der Waals surface area contributed by atoms with Crippen LogP contribution >= 0.6 is 0 Å². The average Bonchev–Trinajstić information content (AvgIpc) is 3.24. The van der Waals surface area contributed by atoms with Crippen LogP contribution < -0.4 is 19.5 Å². The Labute approximate surface area is 186 Å². The Morgan fingerprint density at radius 3 is 2.47 bits per heavy atom. The van der Waals surface area contributed by atoms with Gasteiger partial charge in [0.05, 0.1) is 12.7 Å². The average molecular weight is 434 g/mol. The fourth-order valence-corrected chi connectivity index (χ4v) is 4.73. The van der Waals surface area contributed by atoms with E-state index in [-0.39, 0.29) is 30.3 Å². The van der Waals surface area contributed by atoms with Crippen molar-refractivity contribution in [2.75, 3.05) is 19.2 Å². The van der Waals surface area contributed by atoms with Gasteiger partial charge in [0.25, 0.3) is 11.8 Å². The van der Waals surface area contributed by atoms with Crippen LogP contribution in [0.4, 0.5) is 5.69 Å². The van der Waals surface area contributed by atoms with Crippen LogP contribution in [0.3, 0.4) is 0 Å². The smallest absolute Gasteiger partial charge is 0.278 e. The minimum Gasteiger partial charge on any atom is -0.496 e. The zero-order valence-corrected chi connectivity index (χ0v) is 18.1. The van der Waals surface area contributed by atoms with E-state index < -0.39 is 0 Å². The summed E-state index contributed by atoms with van der Waals surface area (Å²) in [6.45, 7) is 0.167. The van der Waals surface area contributed by atoms with Gasteiger partial charge in [0.1, 0.15) is 11.4 Å². The summed E-state index contributed by atoms with van der Waals surface area (Å²) in [5, 5.41) is 3.21. The molecular formula is C25H26N2O5. The largest absolute Gasteiger partial charge is 0.496 e. The Hall–Kier alpha value is -3.48. The lowest BCUT2D eigenvalue weighted by molar-refractivity contribution is -0.139. The molecule has 5 rings (SSSR count). The van der Waals surface area contributed by atoms with Gasteiger partial charge in [-0.05, 0) is 31.0 Å². The molecule has 0 spiro atoms. The third kappa shape index (κ3) is 3.57. The summed E-state index contributed by atoms with van der Waals surface area (Å²) in [6.07, 6.45) is 6.01. The Morgan fingerprint density at radius 2 is 1.69 bits per heavy atom. The lowest BCUT2D eigenvalue weighted by Crippen LogP contribution is -2.41. The van der Waals surface area contributed by atoms with E-state index in [0.717, 1.165) is 38.5 Å². The van der Waals surface area contributed by atoms with E-state index in [9.17, 15) is 9.59 Å². The Balaban J connectivity index is 1.57. The van der Waals surface area contributed by atoms with Gasteiger partial charge in [0.2, 0.25) is 6.79 Å². The normalized spacial score (nSPS) is 18.8. The van der Waals surface area contributed by atoms with Crippen molar-refractivity contribution in [3.63, 3.8) is 0 Å². The highest BCUT2D eigenvalue weighted by molar-refractivity contribution is 6.37. The van der Waals surface area contributed by atoms with E-state index in [4.69, 9.17) is 14.2 Å². The van der Waals surface area contributed by atoms with Gasteiger partial charge in [-0.1, -0.05) is 43.9 Å². The molecule has 7 heteroatoms. The predicted octanol–water partition coefficient (Wildman–Crippen LogP) is 4.34. The summed E-state index contributed by atoms with van der Waals surface area (Å²) in [6, 6.07) is 12.6. The van der Waals surface area contributed by atoms with Gasteiger partial charge in [-0.25, -0.2) is 0 Å². The number of hydrogen-bond donors (Lipinski definition) is 1. The molecule has 2 aliphatic heterocycles. The van der Waals surface area contributed by atoms with Crippen LogP contribution in [0.1, 0.15) is 44.1 Å². The number of imide groups is 1. The maximum Gasteiger partial charge on any atom is 0.278 e. The van der Waals surface area contributed by atoms with E-state index in [0.29, 0.717) is 34.1 Å². The summed E-state index contributed by atoms with van der Waals surface area (Å²) >= 11 is 0. The number of benzene rings is 2. The highest BCUT2D eigenvalue weighted by Crippen LogP contribution is 2.39. The van der Waals surface area contributed by atoms with Crippen LogP contribution in [-0.2, 0) is 9.59 Å². The molecule has 166 valence electrons. The molecule has 1 fully saturated rings. The molecule has 32 heavy (non-hydrogen) atoms. The van der Waals surface area contributed by atoms with Gasteiger partial charge < -0.3 is 19.5 Å². The van der Waals surface area contributed by atoms with Crippen LogP contribution in [0.5, 0.6) is 17.2 Å². The topological polar surface area (TPSA) is 77.1 Å². The SMILES string of the molecule is COc1ccccc1C1=C(Nc2ccc3c(c2)OCO3)C(=O)N(C2CCCCCC2)C1=O. The molecule has 1 aliphatic carbocycles. The molecule has 0 unspecified atom stereocenters. The molecule has 2 aromatic rings. The molecule has 7 nitrogen and oxygen atoms in total. The van der Waals surface area contributed by atoms with Crippen molar-refractivity contribution >= 4 is 23.1 Å². The number of hydrogen-bond acceptors (Lipinski definition) is 6. The molecule has 1 saturated carbocycles. The Bertz CT molecular complexity index is 1090. The van der Waals surface area contributed by atoms with E-state index >= 15 is 0 Å². The summed E-state index contributed by atoms with van der Waals surface area (Å²) in [5.41, 5.74) is 1.87. The molecule has 2 aromatic carbocycles. The summed E-state index contributed by atoms with van der Waals surface area (Å²) in [4.78, 5) is 28.8. The van der Waals surface area contributed by atoms with Crippen LogP contribution in [0, 0.1) is 0 Å². The number of anilines is 1. The maximum atomic E-state index is 13.7. The van der Waals surface area contributed by atoms with Crippen molar-refractivity contribution in [1.82, 2.24) is 4.90 Å². The molecule has 0 radical (unpaired) electrons. The minimum atomic E-state index is -0.291. The first-order valence-electron chi connectivity index (χ1n) is 11.1. The number of nitrogens with one attached hydrogen (secondary N) is 1. The van der Waals surface area contributed by atoms with Crippen LogP contribution in [0.2, 0.25) is 0 Å². The molecular weight excluding hydrogens is 408 g/mol. The third-order valence-corrected chi connectivity index (χ3v) is 6.32. The molecule has 0 atom stereocenters. The number of carbonyl (C=O) groups is 2. The Morgan fingerprint density at radius 1 is 0.938 bits per heavy atom. The number of fused-ring (bicyclic) bond motifs is 1. The molecule has 2 amide bonds. The van der Waals surface area contributed by atoms with E-state index in [2.05, 4.69) is 5.32 Å². The van der Waals surface area contributed by atoms with Crippen molar-refractivity contribution in [3.05, 3.63) is 53.7 Å². The molecule has 3 aliphatic rings. The first-order chi connectivity index (χ1) is 15.7. The first-order valence-corrected chi connectivity index (χ1v) is 11.1. The van der Waals surface area contributed by atoms with Gasteiger partial charge in [0, 0.05) is 23.4 Å². The monoisotopic (exact) mass is 434 g/mol. The van der Waals surface area contributed by atoms with Crippen LogP contribution in [0.15, 0.2) is 48.2 Å². The van der Waals surface area contributed by atoms with Crippen molar-refractivity contribution in [2.45, 2.75) is 44.6 Å². The number of rotatable bonds is 5. The van der Waals surface area contributed by atoms with Crippen molar-refractivity contribution in [2.24, 2.45) is 0 Å². The molecule has 0 aromatic heterocycles. The van der Waals surface area contributed by atoms with Crippen molar-refractivity contribution in [3.8, 4) is 17.2 Å². The number of nitrogens with zero attached hydrogens (tertiary/aromatic N) is 1. The van der Waals surface area contributed by atoms with Crippen molar-refractivity contribution in [1.29, 1.82) is 0 Å². The number of ether oxygens (including phenoxy) is 3. The lowest BCUT2D eigenvalue weighted by atomic mass is 10.0. The van der Waals surface area contributed by atoms with E-state index in [1.165, 1.54) is 4.90 Å². The van der Waals surface area contributed by atoms with Crippen molar-refractivity contribution < 1.29 is 23.8 Å². The van der Waals surface area contributed by atoms with Gasteiger partial charge in [-0.2, -0.15) is 0 Å². The van der Waals surface area contributed by atoms with E-state index in [1.54, 1.807) is 25.3 Å². The fraction of sp³-hybridized carbons (Fsp3) is 0.360. The Kier molecular flexibility index (Phi) is 5.47. The predicted molar refractivity (Wildman–Crippen MR) is 119 cm³/mol. The standard InChI is InChI=1S/C25H26N2O5/c1-30-19-11-7-6-10-18(19)22-23(26-16-12-13-20-21(14-16)32-15-31-20)25(29)27(24(22)28)17-8-4-2-3-5-9-17/h6-7,10-14,17,26H,2-5,8-9,15H2,1H3. The highest BCUT2D eigenvalue weighted by atomic mass is 16.7. The number of methoxy groups -OCH3 is 1. The van der Waals surface area contributed by atoms with E-state index in [1.807, 2.05) is 24.3 Å². The second kappa shape index (κ2) is 8.57. The van der Waals surface area contributed by atoms with Gasteiger partial charge in [0.15, 0.2) is 11.5 Å². The number of para-hydroxylation sites is 1. The van der Waals surface area contributed by atoms with Crippen LogP contribution in [0.25, 0.3) is 5.57 Å². The zero-order valence-electron chi connectivity index (χ0n) is 18.1. The van der Waals surface area contributed by atoms with Gasteiger partial charge in [-0.15, -0.1) is 0 Å².